The van der Waals surface area contributed by atoms with Crippen molar-refractivity contribution in [1.82, 2.24) is 0 Å². The normalized spacial score (nSPS) is 11.2. The summed E-state index contributed by atoms with van der Waals surface area (Å²) >= 11 is 0. The van der Waals surface area contributed by atoms with Crippen LogP contribution in [-0.2, 0) is 0 Å². The number of aromatic carboxylic acids is 1. The Morgan fingerprint density at radius 2 is 1.27 bits per heavy atom. The van der Waals surface area contributed by atoms with Crippen molar-refractivity contribution in [2.45, 2.75) is 110 Å². The monoisotopic (exact) mass is 552 g/mol. The first kappa shape index (κ1) is 32.9. The van der Waals surface area contributed by atoms with Crippen molar-refractivity contribution in [2.24, 2.45) is 10.2 Å². The Morgan fingerprint density at radius 3 is 1.75 bits per heavy atom. The lowest BCUT2D eigenvalue weighted by atomic mass is 10.0. The predicted octanol–water partition coefficient (Wildman–Crippen LogP) is 10.4. The Labute approximate surface area is 240 Å². The third kappa shape index (κ3) is 13.2. The Hall–Kier alpha value is -3.29. The number of benzene rings is 2. The molecule has 0 heterocycles. The van der Waals surface area contributed by atoms with Gasteiger partial charge in [-0.15, -0.1) is 5.11 Å². The second kappa shape index (κ2) is 19.7. The van der Waals surface area contributed by atoms with Crippen LogP contribution in [0.3, 0.4) is 0 Å². The molecule has 2 aromatic rings. The van der Waals surface area contributed by atoms with Gasteiger partial charge in [0.05, 0.1) is 16.2 Å². The molecule has 40 heavy (non-hydrogen) atoms. The van der Waals surface area contributed by atoms with Gasteiger partial charge in [0, 0.05) is 25.3 Å². The molecule has 0 atom stereocenters. The summed E-state index contributed by atoms with van der Waals surface area (Å²) in [5, 5.41) is 28.4. The van der Waals surface area contributed by atoms with Gasteiger partial charge in [0.2, 0.25) is 0 Å². The van der Waals surface area contributed by atoms with Crippen LogP contribution in [0.1, 0.15) is 120 Å². The van der Waals surface area contributed by atoms with Crippen molar-refractivity contribution < 1.29 is 14.8 Å². The van der Waals surface area contributed by atoms with E-state index in [0.29, 0.717) is 5.69 Å². The number of nitro benzene ring substituents is 1. The zero-order valence-corrected chi connectivity index (χ0v) is 24.5. The molecule has 0 saturated carbocycles. The minimum absolute atomic E-state index is 0.0136. The zero-order chi connectivity index (χ0) is 29.0. The highest BCUT2D eigenvalue weighted by Crippen LogP contribution is 2.30. The van der Waals surface area contributed by atoms with Crippen LogP contribution in [0.15, 0.2) is 52.7 Å². The summed E-state index contributed by atoms with van der Waals surface area (Å²) in [4.78, 5) is 23.9. The fourth-order valence-electron chi connectivity index (χ4n) is 4.80. The van der Waals surface area contributed by atoms with Gasteiger partial charge in [-0.25, -0.2) is 4.79 Å². The molecule has 2 aromatic carbocycles. The van der Waals surface area contributed by atoms with E-state index in [1.165, 1.54) is 108 Å². The van der Waals surface area contributed by atoms with Gasteiger partial charge in [0.25, 0.3) is 5.69 Å². The van der Waals surface area contributed by atoms with E-state index >= 15 is 0 Å². The number of hydrogen-bond acceptors (Lipinski definition) is 6. The maximum Gasteiger partial charge on any atom is 0.335 e. The SMILES string of the molecule is CCCCCCCCCCCCCCCCCCN(C)c1ccc(/N=N/c2ccc(C(=O)O)cc2[N+](=O)[O-])cc1. The lowest BCUT2D eigenvalue weighted by Crippen LogP contribution is -2.18. The van der Waals surface area contributed by atoms with E-state index in [0.717, 1.165) is 24.7 Å². The van der Waals surface area contributed by atoms with Gasteiger partial charge in [-0.2, -0.15) is 5.11 Å². The molecule has 0 unspecified atom stereocenters. The summed E-state index contributed by atoms with van der Waals surface area (Å²) in [6.45, 7) is 3.26. The Kier molecular flexibility index (Phi) is 16.2. The third-order valence-electron chi connectivity index (χ3n) is 7.33. The Bertz CT molecular complexity index is 1040. The van der Waals surface area contributed by atoms with Crippen LogP contribution in [0.4, 0.5) is 22.7 Å². The topological polar surface area (TPSA) is 108 Å². The molecule has 0 spiro atoms. The maximum absolute atomic E-state index is 11.3. The van der Waals surface area contributed by atoms with Crippen molar-refractivity contribution in [3.63, 3.8) is 0 Å². The summed E-state index contributed by atoms with van der Waals surface area (Å²) in [6, 6.07) is 11.1. The van der Waals surface area contributed by atoms with Crippen LogP contribution in [0.5, 0.6) is 0 Å². The van der Waals surface area contributed by atoms with Gasteiger partial charge in [-0.1, -0.05) is 103 Å². The van der Waals surface area contributed by atoms with Crippen molar-refractivity contribution in [2.75, 3.05) is 18.5 Å². The first-order valence-electron chi connectivity index (χ1n) is 15.2. The third-order valence-corrected chi connectivity index (χ3v) is 7.33. The van der Waals surface area contributed by atoms with Crippen LogP contribution >= 0.6 is 0 Å². The molecule has 2 rings (SSSR count). The number of anilines is 1. The number of nitro groups is 1. The van der Waals surface area contributed by atoms with Crippen LogP contribution in [0.25, 0.3) is 0 Å². The number of azo groups is 1. The minimum Gasteiger partial charge on any atom is -0.478 e. The second-order valence-electron chi connectivity index (χ2n) is 10.7. The Morgan fingerprint density at radius 1 is 0.775 bits per heavy atom. The maximum atomic E-state index is 11.3. The van der Waals surface area contributed by atoms with Crippen molar-refractivity contribution in [3.05, 3.63) is 58.1 Å². The average molecular weight is 553 g/mol. The van der Waals surface area contributed by atoms with E-state index < -0.39 is 10.9 Å². The molecule has 0 radical (unpaired) electrons. The highest BCUT2D eigenvalue weighted by molar-refractivity contribution is 5.89. The number of unbranched alkanes of at least 4 members (excludes halogenated alkanes) is 15. The fourth-order valence-corrected chi connectivity index (χ4v) is 4.80. The van der Waals surface area contributed by atoms with Crippen LogP contribution in [0, 0.1) is 10.1 Å². The molecule has 0 aliphatic carbocycles. The van der Waals surface area contributed by atoms with Gasteiger partial charge in [0.15, 0.2) is 5.69 Å². The molecule has 0 amide bonds. The molecule has 220 valence electrons. The van der Waals surface area contributed by atoms with Crippen LogP contribution in [0.2, 0.25) is 0 Å². The molecule has 8 heteroatoms. The first-order valence-corrected chi connectivity index (χ1v) is 15.2. The molecule has 0 saturated heterocycles. The number of hydrogen-bond donors (Lipinski definition) is 1. The average Bonchev–Trinajstić information content (AvgIpc) is 2.95. The summed E-state index contributed by atoms with van der Waals surface area (Å²) in [7, 11) is 2.08. The lowest BCUT2D eigenvalue weighted by molar-refractivity contribution is -0.384. The largest absolute Gasteiger partial charge is 0.478 e. The first-order chi connectivity index (χ1) is 19.4. The fraction of sp³-hybridized carbons (Fsp3) is 0.594. The number of nitrogens with zero attached hydrogens (tertiary/aromatic N) is 4. The van der Waals surface area contributed by atoms with Gasteiger partial charge >= 0.3 is 5.97 Å². The van der Waals surface area contributed by atoms with E-state index in [4.69, 9.17) is 5.11 Å². The molecule has 8 nitrogen and oxygen atoms in total. The van der Waals surface area contributed by atoms with E-state index in [-0.39, 0.29) is 16.9 Å². The van der Waals surface area contributed by atoms with Gasteiger partial charge in [0.1, 0.15) is 0 Å². The molecule has 0 aliphatic rings. The quantitative estimate of drug-likeness (QED) is 0.0676. The molecule has 0 fully saturated rings. The number of carboxylic acid groups (broad SMARTS) is 1. The number of rotatable bonds is 22. The van der Waals surface area contributed by atoms with Crippen LogP contribution < -0.4 is 4.90 Å². The second-order valence-corrected chi connectivity index (χ2v) is 10.7. The number of carboxylic acids is 1. The van der Waals surface area contributed by atoms with Gasteiger partial charge < -0.3 is 10.0 Å². The highest BCUT2D eigenvalue weighted by Gasteiger charge is 2.17. The summed E-state index contributed by atoms with van der Waals surface area (Å²) in [5.41, 5.74) is 1.11. The predicted molar refractivity (Wildman–Crippen MR) is 163 cm³/mol. The zero-order valence-electron chi connectivity index (χ0n) is 24.5. The molecule has 0 aromatic heterocycles. The molecule has 0 bridgehead atoms. The minimum atomic E-state index is -1.23. The van der Waals surface area contributed by atoms with E-state index in [2.05, 4.69) is 29.1 Å². The van der Waals surface area contributed by atoms with Gasteiger partial charge in [-0.3, -0.25) is 10.1 Å². The van der Waals surface area contributed by atoms with Crippen molar-refractivity contribution in [3.8, 4) is 0 Å². The summed E-state index contributed by atoms with van der Waals surface area (Å²) in [5.74, 6) is -1.23. The lowest BCUT2D eigenvalue weighted by Gasteiger charge is -2.19. The van der Waals surface area contributed by atoms with E-state index in [9.17, 15) is 14.9 Å². The van der Waals surface area contributed by atoms with Gasteiger partial charge in [-0.05, 0) is 42.8 Å². The molecule has 0 aliphatic heterocycles. The molecular weight excluding hydrogens is 504 g/mol. The molecule has 1 N–H and O–H groups in total. The number of carbonyl (C=O) groups is 1. The van der Waals surface area contributed by atoms with Crippen LogP contribution in [-0.4, -0.2) is 29.6 Å². The van der Waals surface area contributed by atoms with Crippen molar-refractivity contribution in [1.29, 1.82) is 0 Å². The smallest absolute Gasteiger partial charge is 0.335 e. The standard InChI is InChI=1S/C32H48N4O4/c1-3-4-5-6-7-8-9-10-11-12-13-14-15-16-17-18-25-35(2)29-22-20-28(21-23-29)33-34-30-24-19-27(32(37)38)26-31(30)36(39)40/h19-24,26H,3-18,25H2,1-2H3,(H,37,38)/b34-33+. The summed E-state index contributed by atoms with van der Waals surface area (Å²) < 4.78 is 0. The van der Waals surface area contributed by atoms with E-state index in [1.807, 2.05) is 24.3 Å². The highest BCUT2D eigenvalue weighted by atomic mass is 16.6. The summed E-state index contributed by atoms with van der Waals surface area (Å²) in [6.07, 6.45) is 21.8. The Balaban J connectivity index is 1.58. The van der Waals surface area contributed by atoms with E-state index in [1.54, 1.807) is 0 Å². The van der Waals surface area contributed by atoms with Crippen molar-refractivity contribution >= 4 is 28.7 Å². The molecular formula is C32H48N4O4.